The third-order valence-electron chi connectivity index (χ3n) is 5.18. The first-order valence-corrected chi connectivity index (χ1v) is 9.92. The van der Waals surface area contributed by atoms with Gasteiger partial charge in [0, 0.05) is 23.0 Å². The molecule has 0 aliphatic heterocycles. The van der Waals surface area contributed by atoms with Gasteiger partial charge in [-0.05, 0) is 32.0 Å². The van der Waals surface area contributed by atoms with Gasteiger partial charge in [0.05, 0.1) is 43.5 Å². The molecule has 164 valence electrons. The van der Waals surface area contributed by atoms with E-state index in [1.165, 1.54) is 12.3 Å². The van der Waals surface area contributed by atoms with E-state index in [1.807, 2.05) is 6.92 Å². The number of hydrogen-bond donors (Lipinski definition) is 2. The van der Waals surface area contributed by atoms with Gasteiger partial charge in [0.2, 0.25) is 0 Å². The summed E-state index contributed by atoms with van der Waals surface area (Å²) in [5.74, 6) is -0.0237. The number of halogens is 1. The standard InChI is InChI=1S/C22H21FN6O3/c1-13-19(9-27-28(13)11-18(31)12-30)15-5-21(22-16(6-24)7-26-29(22)10-15)32-14(2)20-4-3-17(23)8-25-20/h3-5,7-10,14,18,30-31H,11-12H2,1-2H3/t14-,18+/m1/s1. The van der Waals surface area contributed by atoms with Crippen LogP contribution >= 0.6 is 0 Å². The lowest BCUT2D eigenvalue weighted by atomic mass is 10.1. The second-order valence-corrected chi connectivity index (χ2v) is 7.38. The van der Waals surface area contributed by atoms with Gasteiger partial charge in [-0.2, -0.15) is 15.5 Å². The molecule has 2 N–H and O–H groups in total. The van der Waals surface area contributed by atoms with Crippen molar-refractivity contribution in [3.8, 4) is 22.9 Å². The molecule has 32 heavy (non-hydrogen) atoms. The van der Waals surface area contributed by atoms with Gasteiger partial charge in [-0.15, -0.1) is 0 Å². The van der Waals surface area contributed by atoms with E-state index in [-0.39, 0.29) is 13.2 Å². The predicted molar refractivity (Wildman–Crippen MR) is 112 cm³/mol. The average molecular weight is 436 g/mol. The van der Waals surface area contributed by atoms with Crippen LogP contribution in [0, 0.1) is 24.1 Å². The molecule has 4 aromatic rings. The van der Waals surface area contributed by atoms with E-state index in [9.17, 15) is 14.8 Å². The summed E-state index contributed by atoms with van der Waals surface area (Å²) in [6, 6.07) is 6.76. The third-order valence-corrected chi connectivity index (χ3v) is 5.18. The molecule has 9 nitrogen and oxygen atoms in total. The summed E-state index contributed by atoms with van der Waals surface area (Å²) in [5.41, 5.74) is 3.69. The Morgan fingerprint density at radius 3 is 2.75 bits per heavy atom. The van der Waals surface area contributed by atoms with Crippen LogP contribution in [-0.4, -0.2) is 47.3 Å². The van der Waals surface area contributed by atoms with Gasteiger partial charge in [-0.1, -0.05) is 0 Å². The molecule has 0 aromatic carbocycles. The van der Waals surface area contributed by atoms with Crippen LogP contribution in [0.15, 0.2) is 43.0 Å². The second-order valence-electron chi connectivity index (χ2n) is 7.38. The topological polar surface area (TPSA) is 121 Å². The van der Waals surface area contributed by atoms with Crippen LogP contribution in [0.1, 0.15) is 30.0 Å². The Morgan fingerprint density at radius 1 is 1.25 bits per heavy atom. The van der Waals surface area contributed by atoms with E-state index in [2.05, 4.69) is 21.3 Å². The fourth-order valence-electron chi connectivity index (χ4n) is 3.45. The lowest BCUT2D eigenvalue weighted by Crippen LogP contribution is -2.21. The molecule has 4 aromatic heterocycles. The fraction of sp³-hybridized carbons (Fsp3) is 0.273. The van der Waals surface area contributed by atoms with Crippen molar-refractivity contribution < 1.29 is 19.3 Å². The Labute approximate surface area is 182 Å². The predicted octanol–water partition coefficient (Wildman–Crippen LogP) is 2.41. The van der Waals surface area contributed by atoms with Crippen LogP contribution in [0.3, 0.4) is 0 Å². The highest BCUT2D eigenvalue weighted by molar-refractivity contribution is 5.76. The van der Waals surface area contributed by atoms with E-state index < -0.39 is 18.0 Å². The molecular formula is C22H21FN6O3. The van der Waals surface area contributed by atoms with Gasteiger partial charge in [-0.3, -0.25) is 9.67 Å². The van der Waals surface area contributed by atoms with Crippen LogP contribution in [0.2, 0.25) is 0 Å². The second kappa shape index (κ2) is 8.74. The van der Waals surface area contributed by atoms with Crippen molar-refractivity contribution in [1.82, 2.24) is 24.4 Å². The SMILES string of the molecule is Cc1c(-c2cc(O[C@H](C)c3ccc(F)cn3)c3c(C#N)cnn3c2)cnn1C[C@H](O)CO. The maximum atomic E-state index is 13.2. The minimum Gasteiger partial charge on any atom is -0.482 e. The van der Waals surface area contributed by atoms with Gasteiger partial charge >= 0.3 is 0 Å². The molecule has 0 bridgehead atoms. The zero-order valence-electron chi connectivity index (χ0n) is 17.5. The van der Waals surface area contributed by atoms with E-state index in [4.69, 9.17) is 9.84 Å². The van der Waals surface area contributed by atoms with Crippen LogP contribution in [-0.2, 0) is 6.54 Å². The molecule has 0 saturated carbocycles. The minimum absolute atomic E-state index is 0.154. The summed E-state index contributed by atoms with van der Waals surface area (Å²) in [7, 11) is 0. The van der Waals surface area contributed by atoms with E-state index >= 15 is 0 Å². The number of aliphatic hydroxyl groups is 2. The molecule has 4 rings (SSSR count). The zero-order valence-corrected chi connectivity index (χ0v) is 17.5. The molecule has 4 heterocycles. The quantitative estimate of drug-likeness (QED) is 0.456. The van der Waals surface area contributed by atoms with Crippen molar-refractivity contribution in [3.05, 3.63) is 65.8 Å². The maximum absolute atomic E-state index is 13.2. The number of fused-ring (bicyclic) bond motifs is 1. The lowest BCUT2D eigenvalue weighted by molar-refractivity contribution is 0.0777. The Kier molecular flexibility index (Phi) is 5.85. The number of nitrogens with zero attached hydrogens (tertiary/aromatic N) is 6. The molecule has 0 amide bonds. The molecule has 0 saturated heterocycles. The highest BCUT2D eigenvalue weighted by atomic mass is 19.1. The van der Waals surface area contributed by atoms with Crippen LogP contribution in [0.25, 0.3) is 16.6 Å². The first-order chi connectivity index (χ1) is 15.4. The van der Waals surface area contributed by atoms with Crippen LogP contribution in [0.5, 0.6) is 5.75 Å². The van der Waals surface area contributed by atoms with Crippen molar-refractivity contribution in [2.24, 2.45) is 0 Å². The van der Waals surface area contributed by atoms with Gasteiger partial charge in [0.1, 0.15) is 34.8 Å². The Bertz CT molecular complexity index is 1290. The van der Waals surface area contributed by atoms with E-state index in [0.717, 1.165) is 23.0 Å². The zero-order chi connectivity index (χ0) is 22.8. The van der Waals surface area contributed by atoms with Gasteiger partial charge in [0.15, 0.2) is 0 Å². The van der Waals surface area contributed by atoms with Gasteiger partial charge in [-0.25, -0.2) is 8.91 Å². The maximum Gasteiger partial charge on any atom is 0.148 e. The highest BCUT2D eigenvalue weighted by Crippen LogP contribution is 2.33. The number of ether oxygens (including phenoxy) is 1. The molecule has 0 spiro atoms. The lowest BCUT2D eigenvalue weighted by Gasteiger charge is -2.16. The van der Waals surface area contributed by atoms with Crippen molar-refractivity contribution in [2.75, 3.05) is 6.61 Å². The monoisotopic (exact) mass is 436 g/mol. The number of pyridine rings is 2. The number of aromatic nitrogens is 5. The van der Waals surface area contributed by atoms with Gasteiger partial charge < -0.3 is 14.9 Å². The Balaban J connectivity index is 1.76. The molecule has 0 radical (unpaired) electrons. The number of hydrogen-bond acceptors (Lipinski definition) is 7. The fourth-order valence-corrected chi connectivity index (χ4v) is 3.45. The Hall–Kier alpha value is -3.81. The summed E-state index contributed by atoms with van der Waals surface area (Å²) in [5, 5.41) is 36.9. The normalized spacial score (nSPS) is 13.1. The smallest absolute Gasteiger partial charge is 0.148 e. The van der Waals surface area contributed by atoms with Gasteiger partial charge in [0.25, 0.3) is 0 Å². The molecule has 0 fully saturated rings. The summed E-state index contributed by atoms with van der Waals surface area (Å²) in [4.78, 5) is 4.07. The Morgan fingerprint density at radius 2 is 2.06 bits per heavy atom. The number of aliphatic hydroxyl groups excluding tert-OH is 2. The first kappa shape index (κ1) is 21.4. The largest absolute Gasteiger partial charge is 0.482 e. The van der Waals surface area contributed by atoms with E-state index in [0.29, 0.717) is 22.5 Å². The third kappa shape index (κ3) is 4.03. The summed E-state index contributed by atoms with van der Waals surface area (Å²) in [6.07, 6.45) is 4.57. The summed E-state index contributed by atoms with van der Waals surface area (Å²) < 4.78 is 22.6. The molecular weight excluding hydrogens is 415 g/mol. The van der Waals surface area contributed by atoms with Crippen LogP contribution < -0.4 is 4.74 Å². The highest BCUT2D eigenvalue weighted by Gasteiger charge is 2.19. The minimum atomic E-state index is -0.920. The average Bonchev–Trinajstić information content (AvgIpc) is 3.37. The number of rotatable bonds is 7. The number of nitriles is 1. The molecule has 0 aliphatic rings. The van der Waals surface area contributed by atoms with Crippen LogP contribution in [0.4, 0.5) is 4.39 Å². The summed E-state index contributed by atoms with van der Waals surface area (Å²) in [6.45, 7) is 3.43. The first-order valence-electron chi connectivity index (χ1n) is 9.92. The summed E-state index contributed by atoms with van der Waals surface area (Å²) >= 11 is 0. The molecule has 0 unspecified atom stereocenters. The van der Waals surface area contributed by atoms with Crippen molar-refractivity contribution in [3.63, 3.8) is 0 Å². The van der Waals surface area contributed by atoms with Crippen molar-refractivity contribution in [1.29, 1.82) is 5.26 Å². The van der Waals surface area contributed by atoms with E-state index in [1.54, 1.807) is 40.6 Å². The molecule has 2 atom stereocenters. The van der Waals surface area contributed by atoms with Crippen molar-refractivity contribution >= 4 is 5.52 Å². The van der Waals surface area contributed by atoms with Crippen molar-refractivity contribution in [2.45, 2.75) is 32.6 Å². The molecule has 10 heteroatoms. The molecule has 0 aliphatic carbocycles.